The highest BCUT2D eigenvalue weighted by Crippen LogP contribution is 2.33. The highest BCUT2D eigenvalue weighted by atomic mass is 16.5. The van der Waals surface area contributed by atoms with E-state index in [0.717, 1.165) is 41.0 Å². The molecule has 9 nitrogen and oxygen atoms in total. The molecule has 0 saturated carbocycles. The summed E-state index contributed by atoms with van der Waals surface area (Å²) >= 11 is 0. The average Bonchev–Trinajstić information content (AvgIpc) is 3.59. The average molecular weight is 507 g/mol. The van der Waals surface area contributed by atoms with Gasteiger partial charge in [0, 0.05) is 18.4 Å². The summed E-state index contributed by atoms with van der Waals surface area (Å²) in [6.07, 6.45) is 2.43. The van der Waals surface area contributed by atoms with Gasteiger partial charge in [-0.1, -0.05) is 42.5 Å². The van der Waals surface area contributed by atoms with Gasteiger partial charge in [-0.15, -0.1) is 0 Å². The van der Waals surface area contributed by atoms with E-state index in [4.69, 9.17) is 14.5 Å². The number of hydrogen-bond donors (Lipinski definition) is 2. The Labute approximate surface area is 219 Å². The second kappa shape index (κ2) is 10.2. The van der Waals surface area contributed by atoms with Crippen molar-refractivity contribution in [3.8, 4) is 11.6 Å². The molecule has 1 amide bonds. The van der Waals surface area contributed by atoms with E-state index in [1.807, 2.05) is 65.6 Å². The van der Waals surface area contributed by atoms with Gasteiger partial charge >= 0.3 is 0 Å². The van der Waals surface area contributed by atoms with Gasteiger partial charge in [0.05, 0.1) is 24.7 Å². The summed E-state index contributed by atoms with van der Waals surface area (Å²) in [4.78, 5) is 32.3. The van der Waals surface area contributed by atoms with Crippen molar-refractivity contribution in [1.82, 2.24) is 25.3 Å². The predicted molar refractivity (Wildman–Crippen MR) is 144 cm³/mol. The van der Waals surface area contributed by atoms with E-state index in [1.54, 1.807) is 7.11 Å². The first kappa shape index (κ1) is 23.5. The van der Waals surface area contributed by atoms with E-state index in [2.05, 4.69) is 32.4 Å². The lowest BCUT2D eigenvalue weighted by Crippen LogP contribution is -2.25. The normalized spacial score (nSPS) is 12.4. The Morgan fingerprint density at radius 2 is 1.92 bits per heavy atom. The molecular weight excluding hydrogens is 480 g/mol. The Bertz CT molecular complexity index is 1580. The van der Waals surface area contributed by atoms with Crippen molar-refractivity contribution in [2.45, 2.75) is 19.6 Å². The second-order valence-corrected chi connectivity index (χ2v) is 8.94. The number of aromatic amines is 1. The maximum Gasteiger partial charge on any atom is 0.258 e. The van der Waals surface area contributed by atoms with Crippen molar-refractivity contribution < 1.29 is 14.3 Å². The van der Waals surface area contributed by atoms with Crippen molar-refractivity contribution in [1.29, 1.82) is 0 Å². The number of aromatic nitrogens is 4. The third-order valence-electron chi connectivity index (χ3n) is 6.48. The maximum absolute atomic E-state index is 13.3. The van der Waals surface area contributed by atoms with Crippen molar-refractivity contribution in [2.24, 2.45) is 0 Å². The monoisotopic (exact) mass is 506 g/mol. The number of carbonyl (C=O) groups is 1. The highest BCUT2D eigenvalue weighted by molar-refractivity contribution is 5.96. The second-order valence-electron chi connectivity index (χ2n) is 8.94. The molecule has 0 aliphatic carbocycles. The Morgan fingerprint density at radius 1 is 1.05 bits per heavy atom. The SMILES string of the molecule is COc1cccc(COc2nc(N3CCc4ccccc43)ncc2C(=O)NCc2nc3ccccc3[nH]2)c1. The minimum Gasteiger partial charge on any atom is -0.497 e. The lowest BCUT2D eigenvalue weighted by atomic mass is 10.2. The number of H-pyrrole nitrogens is 1. The van der Waals surface area contributed by atoms with Crippen LogP contribution >= 0.6 is 0 Å². The van der Waals surface area contributed by atoms with Crippen LogP contribution < -0.4 is 19.7 Å². The van der Waals surface area contributed by atoms with Crippen LogP contribution in [0.15, 0.2) is 79.0 Å². The van der Waals surface area contributed by atoms with E-state index >= 15 is 0 Å². The minimum absolute atomic E-state index is 0.212. The van der Waals surface area contributed by atoms with E-state index in [1.165, 1.54) is 11.8 Å². The number of amides is 1. The van der Waals surface area contributed by atoms with Crippen molar-refractivity contribution >= 4 is 28.6 Å². The van der Waals surface area contributed by atoms with Crippen LogP contribution in [0, 0.1) is 0 Å². The van der Waals surface area contributed by atoms with Crippen LogP contribution in [0.5, 0.6) is 11.6 Å². The molecule has 190 valence electrons. The Kier molecular flexibility index (Phi) is 6.31. The molecule has 0 fully saturated rings. The molecule has 1 aliphatic rings. The molecule has 5 aromatic rings. The number of nitrogens with zero attached hydrogens (tertiary/aromatic N) is 4. The standard InChI is InChI=1S/C29H26N6O3/c1-37-21-9-6-7-19(15-21)18-38-28-22(27(36)30-17-26-32-23-10-3-4-11-24(23)33-26)16-31-29(34-28)35-14-13-20-8-2-5-12-25(20)35/h2-12,15-16H,13-14,17-18H2,1H3,(H,30,36)(H,32,33). The largest absolute Gasteiger partial charge is 0.497 e. The van der Waals surface area contributed by atoms with Gasteiger partial charge in [0.25, 0.3) is 5.91 Å². The molecule has 0 saturated heterocycles. The van der Waals surface area contributed by atoms with Crippen molar-refractivity contribution in [3.05, 3.63) is 102 Å². The van der Waals surface area contributed by atoms with E-state index in [9.17, 15) is 4.79 Å². The molecule has 0 atom stereocenters. The number of ether oxygens (including phenoxy) is 2. The van der Waals surface area contributed by atoms with Gasteiger partial charge in [-0.2, -0.15) is 4.98 Å². The van der Waals surface area contributed by atoms with Crippen molar-refractivity contribution in [2.75, 3.05) is 18.6 Å². The van der Waals surface area contributed by atoms with Crippen LogP contribution in [0.4, 0.5) is 11.6 Å². The molecule has 3 aromatic carbocycles. The molecule has 0 radical (unpaired) electrons. The molecule has 6 rings (SSSR count). The molecule has 9 heteroatoms. The van der Waals surface area contributed by atoms with Crippen LogP contribution in [0.1, 0.15) is 27.3 Å². The lowest BCUT2D eigenvalue weighted by molar-refractivity contribution is 0.0944. The molecule has 2 aromatic heterocycles. The number of imidazole rings is 1. The third kappa shape index (κ3) is 4.73. The van der Waals surface area contributed by atoms with Gasteiger partial charge in [-0.05, 0) is 47.9 Å². The van der Waals surface area contributed by atoms with Gasteiger partial charge in [-0.25, -0.2) is 9.97 Å². The number of rotatable bonds is 8. The zero-order chi connectivity index (χ0) is 25.9. The van der Waals surface area contributed by atoms with Crippen LogP contribution in [0.2, 0.25) is 0 Å². The molecule has 0 unspecified atom stereocenters. The van der Waals surface area contributed by atoms with Crippen molar-refractivity contribution in [3.63, 3.8) is 0 Å². The number of anilines is 2. The fourth-order valence-corrected chi connectivity index (χ4v) is 4.56. The number of para-hydroxylation sites is 3. The summed E-state index contributed by atoms with van der Waals surface area (Å²) in [5.41, 5.74) is 5.20. The van der Waals surface area contributed by atoms with Gasteiger partial charge in [0.1, 0.15) is 23.7 Å². The number of benzene rings is 3. The zero-order valence-electron chi connectivity index (χ0n) is 20.8. The molecular formula is C29H26N6O3. The molecule has 0 bridgehead atoms. The van der Waals surface area contributed by atoms with Crippen LogP contribution in [-0.4, -0.2) is 39.5 Å². The van der Waals surface area contributed by atoms with Crippen LogP contribution in [0.25, 0.3) is 11.0 Å². The summed E-state index contributed by atoms with van der Waals surface area (Å²) in [6, 6.07) is 23.5. The van der Waals surface area contributed by atoms with Crippen LogP contribution in [-0.2, 0) is 19.6 Å². The first-order valence-electron chi connectivity index (χ1n) is 12.4. The van der Waals surface area contributed by atoms with Gasteiger partial charge in [-0.3, -0.25) is 4.79 Å². The van der Waals surface area contributed by atoms with Crippen LogP contribution in [0.3, 0.4) is 0 Å². The summed E-state index contributed by atoms with van der Waals surface area (Å²) < 4.78 is 11.4. The van der Waals surface area contributed by atoms with E-state index in [0.29, 0.717) is 11.8 Å². The first-order valence-corrected chi connectivity index (χ1v) is 12.4. The number of methoxy groups -OCH3 is 1. The van der Waals surface area contributed by atoms with Gasteiger partial charge < -0.3 is 24.7 Å². The molecule has 0 spiro atoms. The molecule has 38 heavy (non-hydrogen) atoms. The molecule has 2 N–H and O–H groups in total. The highest BCUT2D eigenvalue weighted by Gasteiger charge is 2.25. The number of hydrogen-bond acceptors (Lipinski definition) is 7. The third-order valence-corrected chi connectivity index (χ3v) is 6.48. The maximum atomic E-state index is 13.3. The molecule has 1 aliphatic heterocycles. The summed E-state index contributed by atoms with van der Waals surface area (Å²) in [5, 5.41) is 2.91. The quantitative estimate of drug-likeness (QED) is 0.318. The number of fused-ring (bicyclic) bond motifs is 2. The summed E-state index contributed by atoms with van der Waals surface area (Å²) in [5.74, 6) is 1.74. The first-order chi connectivity index (χ1) is 18.7. The summed E-state index contributed by atoms with van der Waals surface area (Å²) in [6.45, 7) is 1.20. The van der Waals surface area contributed by atoms with E-state index < -0.39 is 0 Å². The fraction of sp³-hybridized carbons (Fsp3) is 0.172. The molecule has 3 heterocycles. The predicted octanol–water partition coefficient (Wildman–Crippen LogP) is 4.56. The van der Waals surface area contributed by atoms with Gasteiger partial charge in [0.15, 0.2) is 0 Å². The number of nitrogens with one attached hydrogen (secondary N) is 2. The lowest BCUT2D eigenvalue weighted by Gasteiger charge is -2.19. The summed E-state index contributed by atoms with van der Waals surface area (Å²) in [7, 11) is 1.62. The zero-order valence-corrected chi connectivity index (χ0v) is 20.8. The number of carbonyl (C=O) groups excluding carboxylic acids is 1. The van der Waals surface area contributed by atoms with Gasteiger partial charge in [0.2, 0.25) is 11.8 Å². The Balaban J connectivity index is 1.26. The van der Waals surface area contributed by atoms with E-state index in [-0.39, 0.29) is 30.5 Å². The minimum atomic E-state index is -0.348. The Hall–Kier alpha value is -4.92. The smallest absolute Gasteiger partial charge is 0.258 e. The fourth-order valence-electron chi connectivity index (χ4n) is 4.56. The Morgan fingerprint density at radius 3 is 2.82 bits per heavy atom. The topological polar surface area (TPSA) is 105 Å².